The van der Waals surface area contributed by atoms with Gasteiger partial charge in [-0.15, -0.1) is 0 Å². The number of nitrogens with two attached hydrogens (primary N) is 1. The standard InChI is InChI=1S/C12H19N3O4S2/c1-15(10-5-7-14-8-6-10)21(18,19)12-4-2-3-11(9-12)20(13,16)17/h2-4,9-10,14H,5-8H2,1H3,(H2,13,16,17). The molecule has 0 atom stereocenters. The Morgan fingerprint density at radius 3 is 2.29 bits per heavy atom. The highest BCUT2D eigenvalue weighted by molar-refractivity contribution is 7.90. The van der Waals surface area contributed by atoms with Crippen LogP contribution >= 0.6 is 0 Å². The summed E-state index contributed by atoms with van der Waals surface area (Å²) in [7, 11) is -6.14. The molecule has 21 heavy (non-hydrogen) atoms. The summed E-state index contributed by atoms with van der Waals surface area (Å²) in [5.41, 5.74) is 0. The lowest BCUT2D eigenvalue weighted by Gasteiger charge is -2.30. The highest BCUT2D eigenvalue weighted by Gasteiger charge is 2.29. The van der Waals surface area contributed by atoms with Gasteiger partial charge in [0.25, 0.3) is 0 Å². The number of primary sulfonamides is 1. The summed E-state index contributed by atoms with van der Waals surface area (Å²) in [6, 6.07) is 5.04. The van der Waals surface area contributed by atoms with Gasteiger partial charge in [-0.25, -0.2) is 22.0 Å². The summed E-state index contributed by atoms with van der Waals surface area (Å²) in [5.74, 6) is 0. The van der Waals surface area contributed by atoms with Crippen molar-refractivity contribution in [2.75, 3.05) is 20.1 Å². The first-order chi connectivity index (χ1) is 9.73. The topological polar surface area (TPSA) is 110 Å². The van der Waals surface area contributed by atoms with Crippen molar-refractivity contribution in [1.29, 1.82) is 0 Å². The molecule has 0 unspecified atom stereocenters. The lowest BCUT2D eigenvalue weighted by Crippen LogP contribution is -2.43. The van der Waals surface area contributed by atoms with Crippen molar-refractivity contribution >= 4 is 20.0 Å². The van der Waals surface area contributed by atoms with Gasteiger partial charge in [-0.05, 0) is 44.1 Å². The van der Waals surface area contributed by atoms with Crippen LogP contribution in [0, 0.1) is 0 Å². The molecular formula is C12H19N3O4S2. The molecule has 1 aromatic carbocycles. The van der Waals surface area contributed by atoms with Gasteiger partial charge in [0.15, 0.2) is 0 Å². The average molecular weight is 333 g/mol. The number of hydrogen-bond donors (Lipinski definition) is 2. The molecule has 0 bridgehead atoms. The number of nitrogens with zero attached hydrogens (tertiary/aromatic N) is 1. The first kappa shape index (κ1) is 16.4. The third kappa shape index (κ3) is 3.61. The Kier molecular flexibility index (Phi) is 4.69. The van der Waals surface area contributed by atoms with E-state index in [0.29, 0.717) is 0 Å². The molecular weight excluding hydrogens is 314 g/mol. The highest BCUT2D eigenvalue weighted by Crippen LogP contribution is 2.22. The van der Waals surface area contributed by atoms with Gasteiger partial charge in [0.1, 0.15) is 0 Å². The number of piperidine rings is 1. The van der Waals surface area contributed by atoms with E-state index < -0.39 is 20.0 Å². The smallest absolute Gasteiger partial charge is 0.243 e. The SMILES string of the molecule is CN(C1CCNCC1)S(=O)(=O)c1cccc(S(N)(=O)=O)c1. The van der Waals surface area contributed by atoms with E-state index in [4.69, 9.17) is 5.14 Å². The number of hydrogen-bond acceptors (Lipinski definition) is 5. The summed E-state index contributed by atoms with van der Waals surface area (Å²) in [6.45, 7) is 1.53. The van der Waals surface area contributed by atoms with Crippen molar-refractivity contribution in [1.82, 2.24) is 9.62 Å². The van der Waals surface area contributed by atoms with Crippen molar-refractivity contribution in [3.8, 4) is 0 Å². The Morgan fingerprint density at radius 2 is 1.71 bits per heavy atom. The number of rotatable bonds is 4. The molecule has 1 heterocycles. The first-order valence-electron chi connectivity index (χ1n) is 6.54. The lowest BCUT2D eigenvalue weighted by atomic mass is 10.1. The number of benzene rings is 1. The van der Waals surface area contributed by atoms with Crippen molar-refractivity contribution in [2.24, 2.45) is 5.14 Å². The third-order valence-electron chi connectivity index (χ3n) is 3.63. The predicted octanol–water partition coefficient (Wildman–Crippen LogP) is -0.293. The first-order valence-corrected chi connectivity index (χ1v) is 9.53. The van der Waals surface area contributed by atoms with Crippen LogP contribution in [0.1, 0.15) is 12.8 Å². The van der Waals surface area contributed by atoms with Gasteiger partial charge < -0.3 is 5.32 Å². The molecule has 0 saturated carbocycles. The maximum Gasteiger partial charge on any atom is 0.243 e. The molecule has 7 nitrogen and oxygen atoms in total. The van der Waals surface area contributed by atoms with Crippen molar-refractivity contribution in [2.45, 2.75) is 28.7 Å². The zero-order chi connectivity index (χ0) is 15.7. The van der Waals surface area contributed by atoms with E-state index in [1.165, 1.54) is 29.6 Å². The maximum absolute atomic E-state index is 12.6. The van der Waals surface area contributed by atoms with E-state index in [1.807, 2.05) is 0 Å². The Hall–Kier alpha value is -1.00. The Balaban J connectivity index is 2.35. The van der Waals surface area contributed by atoms with Gasteiger partial charge in [-0.3, -0.25) is 0 Å². The van der Waals surface area contributed by atoms with E-state index in [0.717, 1.165) is 32.0 Å². The molecule has 1 saturated heterocycles. The largest absolute Gasteiger partial charge is 0.317 e. The quantitative estimate of drug-likeness (QED) is 0.786. The molecule has 2 rings (SSSR count). The fraction of sp³-hybridized carbons (Fsp3) is 0.500. The van der Waals surface area contributed by atoms with Gasteiger partial charge in [0.2, 0.25) is 20.0 Å². The molecule has 1 aliphatic heterocycles. The molecule has 1 aromatic rings. The van der Waals surface area contributed by atoms with Gasteiger partial charge in [0.05, 0.1) is 9.79 Å². The normalized spacial score (nSPS) is 18.0. The summed E-state index contributed by atoms with van der Waals surface area (Å²) in [6.07, 6.45) is 1.45. The zero-order valence-electron chi connectivity index (χ0n) is 11.7. The minimum atomic E-state index is -3.93. The van der Waals surface area contributed by atoms with E-state index in [2.05, 4.69) is 5.32 Å². The third-order valence-corrected chi connectivity index (χ3v) is 6.45. The molecule has 0 aromatic heterocycles. The fourth-order valence-electron chi connectivity index (χ4n) is 2.34. The molecule has 118 valence electrons. The molecule has 0 radical (unpaired) electrons. The molecule has 1 fully saturated rings. The van der Waals surface area contributed by atoms with Crippen LogP contribution in [0.5, 0.6) is 0 Å². The second kappa shape index (κ2) is 6.01. The van der Waals surface area contributed by atoms with Crippen LogP contribution in [-0.2, 0) is 20.0 Å². The summed E-state index contributed by atoms with van der Waals surface area (Å²) in [4.78, 5) is -0.266. The molecule has 3 N–H and O–H groups in total. The van der Waals surface area contributed by atoms with Crippen LogP contribution in [0.2, 0.25) is 0 Å². The summed E-state index contributed by atoms with van der Waals surface area (Å²) < 4.78 is 49.2. The van der Waals surface area contributed by atoms with Gasteiger partial charge in [0, 0.05) is 13.1 Å². The highest BCUT2D eigenvalue weighted by atomic mass is 32.2. The Morgan fingerprint density at radius 1 is 1.14 bits per heavy atom. The summed E-state index contributed by atoms with van der Waals surface area (Å²) >= 11 is 0. The lowest BCUT2D eigenvalue weighted by molar-refractivity contribution is 0.296. The summed E-state index contributed by atoms with van der Waals surface area (Å²) in [5, 5.41) is 8.22. The monoisotopic (exact) mass is 333 g/mol. The predicted molar refractivity (Wildman–Crippen MR) is 78.7 cm³/mol. The van der Waals surface area contributed by atoms with E-state index in [1.54, 1.807) is 0 Å². The van der Waals surface area contributed by atoms with Gasteiger partial charge in [-0.1, -0.05) is 6.07 Å². The van der Waals surface area contributed by atoms with Crippen molar-refractivity contribution in [3.63, 3.8) is 0 Å². The second-order valence-corrected chi connectivity index (χ2v) is 8.58. The minimum absolute atomic E-state index is 0.0601. The minimum Gasteiger partial charge on any atom is -0.317 e. The zero-order valence-corrected chi connectivity index (χ0v) is 13.3. The number of nitrogens with one attached hydrogen (secondary N) is 1. The van der Waals surface area contributed by atoms with Crippen molar-refractivity contribution < 1.29 is 16.8 Å². The molecule has 0 aliphatic carbocycles. The maximum atomic E-state index is 12.6. The van der Waals surface area contributed by atoms with E-state index in [-0.39, 0.29) is 15.8 Å². The van der Waals surface area contributed by atoms with Crippen LogP contribution in [0.15, 0.2) is 34.1 Å². The van der Waals surface area contributed by atoms with Crippen molar-refractivity contribution in [3.05, 3.63) is 24.3 Å². The molecule has 9 heteroatoms. The van der Waals surface area contributed by atoms with E-state index in [9.17, 15) is 16.8 Å². The van der Waals surface area contributed by atoms with Crippen LogP contribution in [0.25, 0.3) is 0 Å². The fourth-order valence-corrected chi connectivity index (χ4v) is 4.44. The second-order valence-electron chi connectivity index (χ2n) is 5.02. The average Bonchev–Trinajstić information content (AvgIpc) is 2.46. The van der Waals surface area contributed by atoms with Crippen LogP contribution in [0.3, 0.4) is 0 Å². The van der Waals surface area contributed by atoms with Crippen LogP contribution in [-0.4, -0.2) is 47.3 Å². The van der Waals surface area contributed by atoms with Crippen LogP contribution < -0.4 is 10.5 Å². The molecule has 0 spiro atoms. The van der Waals surface area contributed by atoms with E-state index >= 15 is 0 Å². The van der Waals surface area contributed by atoms with Gasteiger partial charge >= 0.3 is 0 Å². The molecule has 1 aliphatic rings. The molecule has 0 amide bonds. The van der Waals surface area contributed by atoms with Gasteiger partial charge in [-0.2, -0.15) is 4.31 Å². The Labute approximate surface area is 125 Å². The number of sulfonamides is 2. The van der Waals surface area contributed by atoms with Crippen LogP contribution in [0.4, 0.5) is 0 Å². The Bertz CT molecular complexity index is 710.